The Balaban J connectivity index is 0.000000845. The molecule has 2 aromatic heterocycles. The molecule has 7 heteroatoms. The molecule has 0 saturated carbocycles. The quantitative estimate of drug-likeness (QED) is 0.229. The molecular formula is C32H32N6O. The second kappa shape index (κ2) is 13.5. The largest absolute Gasteiger partial charge is 0.457 e. The van der Waals surface area contributed by atoms with Gasteiger partial charge in [0.2, 0.25) is 0 Å². The lowest BCUT2D eigenvalue weighted by atomic mass is 10.2. The number of hydrogen-bond donors (Lipinski definition) is 2. The van der Waals surface area contributed by atoms with Crippen LogP contribution < -0.4 is 15.4 Å². The van der Waals surface area contributed by atoms with E-state index < -0.39 is 0 Å². The Kier molecular flexibility index (Phi) is 9.34. The third kappa shape index (κ3) is 6.64. The first kappa shape index (κ1) is 27.0. The fourth-order valence-corrected chi connectivity index (χ4v) is 3.87. The van der Waals surface area contributed by atoms with E-state index >= 15 is 0 Å². The molecular weight excluding hydrogens is 484 g/mol. The number of benzene rings is 4. The summed E-state index contributed by atoms with van der Waals surface area (Å²) in [5, 5.41) is 25.3. The standard InChI is InChI=1S/C28H20N6O.2C2H6/c1-3-7-25-23(5-1)27(17-29-33-25)31-19-9-13-21(14-10-19)35-22-15-11-20(12-16-22)32-28-18-30-34-26-8-4-2-6-24(26)28;2*1-2/h1-18H,(H,31,33)(H,32,34);2*1-2H3. The molecule has 2 N–H and O–H groups in total. The molecule has 6 aromatic rings. The molecule has 0 aliphatic rings. The van der Waals surface area contributed by atoms with Crippen molar-refractivity contribution in [3.63, 3.8) is 0 Å². The summed E-state index contributed by atoms with van der Waals surface area (Å²) in [6.07, 6.45) is 3.46. The van der Waals surface area contributed by atoms with E-state index in [-0.39, 0.29) is 0 Å². The molecule has 196 valence electrons. The van der Waals surface area contributed by atoms with Crippen LogP contribution >= 0.6 is 0 Å². The van der Waals surface area contributed by atoms with Crippen LogP contribution in [0.2, 0.25) is 0 Å². The summed E-state index contributed by atoms with van der Waals surface area (Å²) in [6, 6.07) is 31.4. The van der Waals surface area contributed by atoms with Crippen LogP contribution in [0.4, 0.5) is 22.7 Å². The first-order valence-electron chi connectivity index (χ1n) is 13.1. The smallest absolute Gasteiger partial charge is 0.127 e. The summed E-state index contributed by atoms with van der Waals surface area (Å²) in [6.45, 7) is 8.00. The molecule has 0 radical (unpaired) electrons. The molecule has 0 saturated heterocycles. The van der Waals surface area contributed by atoms with E-state index in [1.807, 2.05) is 125 Å². The van der Waals surface area contributed by atoms with E-state index in [2.05, 4.69) is 31.0 Å². The Labute approximate surface area is 228 Å². The highest BCUT2D eigenvalue weighted by molar-refractivity contribution is 5.92. The zero-order chi connectivity index (χ0) is 27.5. The van der Waals surface area contributed by atoms with Crippen molar-refractivity contribution in [2.24, 2.45) is 0 Å². The molecule has 0 amide bonds. The van der Waals surface area contributed by atoms with Gasteiger partial charge in [0.15, 0.2) is 0 Å². The average Bonchev–Trinajstić information content (AvgIpc) is 3.01. The number of rotatable bonds is 6. The number of ether oxygens (including phenoxy) is 1. The monoisotopic (exact) mass is 516 g/mol. The van der Waals surface area contributed by atoms with Gasteiger partial charge in [-0.1, -0.05) is 64.1 Å². The first-order chi connectivity index (χ1) is 19.3. The van der Waals surface area contributed by atoms with Gasteiger partial charge in [-0.3, -0.25) is 0 Å². The van der Waals surface area contributed by atoms with Gasteiger partial charge in [-0.05, 0) is 60.7 Å². The average molecular weight is 517 g/mol. The summed E-state index contributed by atoms with van der Waals surface area (Å²) in [7, 11) is 0. The minimum atomic E-state index is 0.748. The third-order valence-electron chi connectivity index (χ3n) is 5.60. The summed E-state index contributed by atoms with van der Waals surface area (Å²) in [5.41, 5.74) is 5.39. The summed E-state index contributed by atoms with van der Waals surface area (Å²) in [4.78, 5) is 0. The van der Waals surface area contributed by atoms with E-state index in [0.29, 0.717) is 0 Å². The van der Waals surface area contributed by atoms with Gasteiger partial charge in [0.05, 0.1) is 34.8 Å². The molecule has 0 unspecified atom stereocenters. The maximum absolute atomic E-state index is 6.03. The predicted molar refractivity (Wildman–Crippen MR) is 161 cm³/mol. The number of nitrogens with one attached hydrogen (secondary N) is 2. The molecule has 0 aliphatic carbocycles. The summed E-state index contributed by atoms with van der Waals surface area (Å²) < 4.78 is 6.03. The zero-order valence-electron chi connectivity index (χ0n) is 22.6. The maximum Gasteiger partial charge on any atom is 0.127 e. The van der Waals surface area contributed by atoms with Gasteiger partial charge < -0.3 is 15.4 Å². The Morgan fingerprint density at radius 2 is 0.872 bits per heavy atom. The van der Waals surface area contributed by atoms with Crippen LogP contribution in [0, 0.1) is 0 Å². The molecule has 0 spiro atoms. The second-order valence-corrected chi connectivity index (χ2v) is 7.95. The van der Waals surface area contributed by atoms with Crippen molar-refractivity contribution in [1.29, 1.82) is 0 Å². The predicted octanol–water partition coefficient (Wildman–Crippen LogP) is 8.90. The molecule has 0 bridgehead atoms. The van der Waals surface area contributed by atoms with Crippen molar-refractivity contribution in [1.82, 2.24) is 20.4 Å². The van der Waals surface area contributed by atoms with Crippen molar-refractivity contribution in [3.05, 3.63) is 109 Å². The van der Waals surface area contributed by atoms with Gasteiger partial charge in [-0.25, -0.2) is 0 Å². The number of anilines is 4. The SMILES string of the molecule is CC.CC.c1ccc2c(Nc3ccc(Oc4ccc(Nc5cnnc6ccccc56)cc4)cc3)cnnc2c1. The van der Waals surface area contributed by atoms with Gasteiger partial charge in [0.1, 0.15) is 11.5 Å². The van der Waals surface area contributed by atoms with Crippen molar-refractivity contribution in [3.8, 4) is 11.5 Å². The van der Waals surface area contributed by atoms with Crippen LogP contribution in [0.15, 0.2) is 109 Å². The number of hydrogen-bond acceptors (Lipinski definition) is 7. The Hall–Kier alpha value is -5.04. The highest BCUT2D eigenvalue weighted by Crippen LogP contribution is 2.29. The Morgan fingerprint density at radius 3 is 1.28 bits per heavy atom. The van der Waals surface area contributed by atoms with Crippen molar-refractivity contribution in [2.45, 2.75) is 27.7 Å². The van der Waals surface area contributed by atoms with Crippen LogP contribution in [0.5, 0.6) is 11.5 Å². The van der Waals surface area contributed by atoms with Crippen LogP contribution in [0.1, 0.15) is 27.7 Å². The molecule has 0 fully saturated rings. The normalized spacial score (nSPS) is 10.1. The highest BCUT2D eigenvalue weighted by Gasteiger charge is 2.05. The zero-order valence-corrected chi connectivity index (χ0v) is 22.6. The maximum atomic E-state index is 6.03. The van der Waals surface area contributed by atoms with Crippen molar-refractivity contribution >= 4 is 44.6 Å². The lowest BCUT2D eigenvalue weighted by Crippen LogP contribution is -1.95. The van der Waals surface area contributed by atoms with E-state index in [4.69, 9.17) is 4.74 Å². The van der Waals surface area contributed by atoms with E-state index in [1.165, 1.54) is 0 Å². The van der Waals surface area contributed by atoms with Crippen LogP contribution in [-0.4, -0.2) is 20.4 Å². The number of fused-ring (bicyclic) bond motifs is 2. The number of nitrogens with zero attached hydrogens (tertiary/aromatic N) is 4. The van der Waals surface area contributed by atoms with Gasteiger partial charge in [0.25, 0.3) is 0 Å². The Bertz CT molecular complexity index is 1490. The molecule has 0 aliphatic heterocycles. The van der Waals surface area contributed by atoms with E-state index in [1.54, 1.807) is 12.4 Å². The van der Waals surface area contributed by atoms with Crippen LogP contribution in [0.25, 0.3) is 21.8 Å². The fraction of sp³-hybridized carbons (Fsp3) is 0.125. The topological polar surface area (TPSA) is 84.9 Å². The second-order valence-electron chi connectivity index (χ2n) is 7.95. The molecule has 7 nitrogen and oxygen atoms in total. The van der Waals surface area contributed by atoms with Gasteiger partial charge >= 0.3 is 0 Å². The van der Waals surface area contributed by atoms with Gasteiger partial charge in [0, 0.05) is 22.1 Å². The Morgan fingerprint density at radius 1 is 0.487 bits per heavy atom. The lowest BCUT2D eigenvalue weighted by molar-refractivity contribution is 0.483. The van der Waals surface area contributed by atoms with Crippen molar-refractivity contribution in [2.75, 3.05) is 10.6 Å². The molecule has 2 heterocycles. The minimum Gasteiger partial charge on any atom is -0.457 e. The third-order valence-corrected chi connectivity index (χ3v) is 5.60. The summed E-state index contributed by atoms with van der Waals surface area (Å²) in [5.74, 6) is 1.50. The van der Waals surface area contributed by atoms with E-state index in [9.17, 15) is 0 Å². The molecule has 39 heavy (non-hydrogen) atoms. The molecule has 4 aromatic carbocycles. The minimum absolute atomic E-state index is 0.748. The molecule has 0 atom stereocenters. The first-order valence-corrected chi connectivity index (χ1v) is 13.1. The van der Waals surface area contributed by atoms with Gasteiger partial charge in [-0.2, -0.15) is 20.4 Å². The molecule has 6 rings (SSSR count). The summed E-state index contributed by atoms with van der Waals surface area (Å²) >= 11 is 0. The number of aromatic nitrogens is 4. The highest BCUT2D eigenvalue weighted by atomic mass is 16.5. The fourth-order valence-electron chi connectivity index (χ4n) is 3.87. The van der Waals surface area contributed by atoms with Crippen molar-refractivity contribution < 1.29 is 4.74 Å². The van der Waals surface area contributed by atoms with Gasteiger partial charge in [-0.15, -0.1) is 0 Å². The van der Waals surface area contributed by atoms with Crippen LogP contribution in [0.3, 0.4) is 0 Å². The van der Waals surface area contributed by atoms with E-state index in [0.717, 1.165) is 56.1 Å². The van der Waals surface area contributed by atoms with Crippen LogP contribution in [-0.2, 0) is 0 Å². The lowest BCUT2D eigenvalue weighted by Gasteiger charge is -2.11.